The molecule has 2 aromatic heterocycles. The summed E-state index contributed by atoms with van der Waals surface area (Å²) < 4.78 is 0. The maximum absolute atomic E-state index is 12.9. The van der Waals surface area contributed by atoms with Crippen molar-refractivity contribution in [2.75, 3.05) is 13.1 Å². The third-order valence-electron chi connectivity index (χ3n) is 4.63. The number of aromatic amines is 1. The quantitative estimate of drug-likeness (QED) is 0.628. The summed E-state index contributed by atoms with van der Waals surface area (Å²) in [7, 11) is 0. The van der Waals surface area contributed by atoms with Crippen LogP contribution in [0.3, 0.4) is 0 Å². The number of piperidine rings is 1. The first-order chi connectivity index (χ1) is 13.0. The molecule has 3 aromatic rings. The first-order valence-electron chi connectivity index (χ1n) is 8.60. The highest BCUT2D eigenvalue weighted by atomic mass is 35.5. The van der Waals surface area contributed by atoms with Crippen LogP contribution in [0, 0.1) is 0 Å². The molecule has 27 heavy (non-hydrogen) atoms. The number of aromatic nitrogens is 1. The number of halogens is 1. The van der Waals surface area contributed by atoms with Crippen molar-refractivity contribution in [1.29, 1.82) is 0 Å². The zero-order valence-corrected chi connectivity index (χ0v) is 15.9. The summed E-state index contributed by atoms with van der Waals surface area (Å²) in [6.07, 6.45) is -0.304. The summed E-state index contributed by atoms with van der Waals surface area (Å²) in [4.78, 5) is 30.4. The minimum atomic E-state index is -0.698. The average Bonchev–Trinajstić information content (AvgIpc) is 3.26. The zero-order chi connectivity index (χ0) is 19.0. The number of nitrogens with zero attached hydrogens (tertiary/aromatic N) is 1. The van der Waals surface area contributed by atoms with Gasteiger partial charge in [0, 0.05) is 30.0 Å². The summed E-state index contributed by atoms with van der Waals surface area (Å²) in [6.45, 7) is 0.570. The monoisotopic (exact) mass is 403 g/mol. The van der Waals surface area contributed by atoms with Gasteiger partial charge in [-0.05, 0) is 30.0 Å². The Morgan fingerprint density at radius 2 is 2.07 bits per heavy atom. The fraction of sp³-hybridized carbons (Fsp3) is 0.263. The highest BCUT2D eigenvalue weighted by molar-refractivity contribution is 7.12. The Kier molecular flexibility index (Phi) is 4.90. The Bertz CT molecular complexity index is 966. The van der Waals surface area contributed by atoms with E-state index in [-0.39, 0.29) is 24.4 Å². The number of carbonyl (C=O) groups is 2. The number of aliphatic hydroxyl groups is 1. The minimum absolute atomic E-state index is 0.196. The normalized spacial score (nSPS) is 20.0. The van der Waals surface area contributed by atoms with E-state index in [0.717, 1.165) is 10.9 Å². The second kappa shape index (κ2) is 7.34. The van der Waals surface area contributed by atoms with E-state index in [4.69, 9.17) is 11.6 Å². The molecule has 1 aromatic carbocycles. The number of hydrogen-bond donors (Lipinski definition) is 3. The molecule has 1 aliphatic heterocycles. The maximum Gasteiger partial charge on any atom is 0.270 e. The van der Waals surface area contributed by atoms with Crippen molar-refractivity contribution in [3.63, 3.8) is 0 Å². The molecular weight excluding hydrogens is 386 g/mol. The van der Waals surface area contributed by atoms with Gasteiger partial charge in [0.1, 0.15) is 10.6 Å². The van der Waals surface area contributed by atoms with Crippen molar-refractivity contribution in [2.45, 2.75) is 18.6 Å². The Labute approximate surface area is 164 Å². The summed E-state index contributed by atoms with van der Waals surface area (Å²) in [5, 5.41) is 16.2. The molecule has 6 nitrogen and oxygen atoms in total. The zero-order valence-electron chi connectivity index (χ0n) is 14.3. The lowest BCUT2D eigenvalue weighted by Gasteiger charge is -2.35. The number of aliphatic hydroxyl groups excluding tert-OH is 1. The van der Waals surface area contributed by atoms with Crippen molar-refractivity contribution in [3.05, 3.63) is 57.4 Å². The predicted octanol–water partition coefficient (Wildman–Crippen LogP) is 2.89. The molecule has 1 aliphatic rings. The molecule has 2 amide bonds. The van der Waals surface area contributed by atoms with Crippen molar-refractivity contribution < 1.29 is 14.7 Å². The number of carbonyl (C=O) groups excluding carboxylic acids is 2. The van der Waals surface area contributed by atoms with E-state index in [1.54, 1.807) is 22.4 Å². The third kappa shape index (κ3) is 3.71. The second-order valence-electron chi connectivity index (χ2n) is 6.64. The summed E-state index contributed by atoms with van der Waals surface area (Å²) >= 11 is 7.27. The smallest absolute Gasteiger partial charge is 0.270 e. The van der Waals surface area contributed by atoms with Gasteiger partial charge >= 0.3 is 0 Å². The molecule has 3 heterocycles. The van der Waals surface area contributed by atoms with Crippen LogP contribution >= 0.6 is 22.9 Å². The van der Waals surface area contributed by atoms with E-state index < -0.39 is 6.10 Å². The molecule has 140 valence electrons. The van der Waals surface area contributed by atoms with Gasteiger partial charge in [-0.2, -0.15) is 0 Å². The molecule has 2 atom stereocenters. The molecule has 1 fully saturated rings. The molecule has 4 rings (SSSR count). The van der Waals surface area contributed by atoms with Crippen LogP contribution < -0.4 is 5.32 Å². The average molecular weight is 404 g/mol. The van der Waals surface area contributed by atoms with Crippen LogP contribution in [-0.4, -0.2) is 52.0 Å². The van der Waals surface area contributed by atoms with E-state index in [1.807, 2.05) is 24.3 Å². The first kappa shape index (κ1) is 18.0. The summed E-state index contributed by atoms with van der Waals surface area (Å²) in [6, 6.07) is 10.8. The number of para-hydroxylation sites is 1. The lowest BCUT2D eigenvalue weighted by Crippen LogP contribution is -2.54. The number of H-pyrrole nitrogens is 1. The Balaban J connectivity index is 1.49. The Hall–Kier alpha value is -2.35. The standard InChI is InChI=1S/C19H18ClN3O3S/c20-14-5-6-27-17(14)18(25)21-12-8-13(24)10-23(9-12)19(26)16-7-11-3-1-2-4-15(11)22-16/h1-7,12-13,22,24H,8-10H2,(H,21,25)/t12-,13+/m0/s1. The molecule has 0 saturated carbocycles. The molecular formula is C19H18ClN3O3S. The SMILES string of the molecule is O=C(N[C@H]1C[C@@H](O)CN(C(=O)c2cc3ccccc3[nH]2)C1)c1sccc1Cl. The van der Waals surface area contributed by atoms with Crippen molar-refractivity contribution in [1.82, 2.24) is 15.2 Å². The number of hydrogen-bond acceptors (Lipinski definition) is 4. The van der Waals surface area contributed by atoms with Gasteiger partial charge in [-0.25, -0.2) is 0 Å². The fourth-order valence-electron chi connectivity index (χ4n) is 3.41. The number of rotatable bonds is 3. The van der Waals surface area contributed by atoms with Gasteiger partial charge in [0.2, 0.25) is 0 Å². The molecule has 1 saturated heterocycles. The van der Waals surface area contributed by atoms with E-state index in [1.165, 1.54) is 11.3 Å². The molecule has 0 spiro atoms. The molecule has 0 bridgehead atoms. The lowest BCUT2D eigenvalue weighted by molar-refractivity contribution is 0.0368. The fourth-order valence-corrected chi connectivity index (χ4v) is 4.45. The van der Waals surface area contributed by atoms with E-state index in [2.05, 4.69) is 10.3 Å². The van der Waals surface area contributed by atoms with Crippen molar-refractivity contribution in [3.8, 4) is 0 Å². The van der Waals surface area contributed by atoms with Crippen LogP contribution in [0.1, 0.15) is 26.6 Å². The number of thiophene rings is 1. The largest absolute Gasteiger partial charge is 0.391 e. The van der Waals surface area contributed by atoms with Crippen molar-refractivity contribution in [2.24, 2.45) is 0 Å². The molecule has 3 N–H and O–H groups in total. The van der Waals surface area contributed by atoms with Crippen molar-refractivity contribution >= 4 is 45.7 Å². The van der Waals surface area contributed by atoms with Gasteiger partial charge in [0.25, 0.3) is 11.8 Å². The van der Waals surface area contributed by atoms with Gasteiger partial charge < -0.3 is 20.3 Å². The molecule has 8 heteroatoms. The van der Waals surface area contributed by atoms with Crippen LogP contribution in [0.5, 0.6) is 0 Å². The van der Waals surface area contributed by atoms with Crippen LogP contribution in [-0.2, 0) is 0 Å². The van der Waals surface area contributed by atoms with Gasteiger partial charge in [0.05, 0.1) is 11.1 Å². The Morgan fingerprint density at radius 3 is 2.81 bits per heavy atom. The van der Waals surface area contributed by atoms with Crippen LogP contribution in [0.4, 0.5) is 0 Å². The molecule has 0 unspecified atom stereocenters. The first-order valence-corrected chi connectivity index (χ1v) is 9.86. The highest BCUT2D eigenvalue weighted by Crippen LogP contribution is 2.23. The Morgan fingerprint density at radius 1 is 1.26 bits per heavy atom. The van der Waals surface area contributed by atoms with E-state index >= 15 is 0 Å². The van der Waals surface area contributed by atoms with Gasteiger partial charge in [-0.1, -0.05) is 29.8 Å². The maximum atomic E-state index is 12.9. The number of fused-ring (bicyclic) bond motifs is 1. The van der Waals surface area contributed by atoms with Gasteiger partial charge in [-0.3, -0.25) is 9.59 Å². The van der Waals surface area contributed by atoms with Gasteiger partial charge in [0.15, 0.2) is 0 Å². The highest BCUT2D eigenvalue weighted by Gasteiger charge is 2.31. The van der Waals surface area contributed by atoms with Crippen LogP contribution in [0.2, 0.25) is 5.02 Å². The summed E-state index contributed by atoms with van der Waals surface area (Å²) in [5.74, 6) is -0.481. The van der Waals surface area contributed by atoms with Gasteiger partial charge in [-0.15, -0.1) is 11.3 Å². The minimum Gasteiger partial charge on any atom is -0.391 e. The third-order valence-corrected chi connectivity index (χ3v) is 5.97. The second-order valence-corrected chi connectivity index (χ2v) is 7.96. The molecule has 0 aliphatic carbocycles. The van der Waals surface area contributed by atoms with Crippen LogP contribution in [0.15, 0.2) is 41.8 Å². The molecule has 0 radical (unpaired) electrons. The van der Waals surface area contributed by atoms with Crippen LogP contribution in [0.25, 0.3) is 10.9 Å². The predicted molar refractivity (Wildman–Crippen MR) is 105 cm³/mol. The van der Waals surface area contributed by atoms with E-state index in [9.17, 15) is 14.7 Å². The topological polar surface area (TPSA) is 85.4 Å². The number of likely N-dealkylation sites (tertiary alicyclic amines) is 1. The van der Waals surface area contributed by atoms with E-state index in [0.29, 0.717) is 28.6 Å². The number of benzene rings is 1. The number of β-amino-alcohol motifs (C(OH)–C–C–N with tert-alkyl or cyclic N) is 1. The summed E-state index contributed by atoms with van der Waals surface area (Å²) in [5.41, 5.74) is 1.35. The number of amides is 2. The lowest BCUT2D eigenvalue weighted by atomic mass is 10.0. The number of nitrogens with one attached hydrogen (secondary N) is 2.